The number of alkyl halides is 9. The minimum atomic E-state index is -5.39. The molecule has 206 valence electrons. The number of nitrogens with zero attached hydrogens (tertiary/aromatic N) is 3. The molecule has 0 radical (unpaired) electrons. The lowest BCUT2D eigenvalue weighted by Crippen LogP contribution is -2.44. The zero-order chi connectivity index (χ0) is 28.5. The van der Waals surface area contributed by atoms with Crippen molar-refractivity contribution in [1.82, 2.24) is 9.55 Å². The molecule has 0 saturated heterocycles. The molecule has 2 rings (SSSR count). The average Bonchev–Trinajstić information content (AvgIpc) is 2.76. The lowest BCUT2D eigenvalue weighted by atomic mass is 10.1. The molecule has 0 aliphatic rings. The highest BCUT2D eigenvalue weighted by Gasteiger charge is 2.43. The maximum atomic E-state index is 13.7. The SMILES string of the molecule is CCCn1c(N(c2cc(C(F)(F)F)cc(C(F)(F)F)c2Br)C(OC)C(=O)OC)nc(C(F)(F)F)cc1=O. The van der Waals surface area contributed by atoms with Gasteiger partial charge in [0.1, 0.15) is 0 Å². The van der Waals surface area contributed by atoms with Gasteiger partial charge in [-0.05, 0) is 34.5 Å². The zero-order valence-electron chi connectivity index (χ0n) is 19.0. The van der Waals surface area contributed by atoms with Crippen LogP contribution in [0, 0.1) is 0 Å². The Bertz CT molecular complexity index is 1210. The van der Waals surface area contributed by atoms with Gasteiger partial charge in [-0.25, -0.2) is 9.78 Å². The number of anilines is 2. The molecule has 1 unspecified atom stereocenters. The van der Waals surface area contributed by atoms with Gasteiger partial charge in [-0.2, -0.15) is 39.5 Å². The summed E-state index contributed by atoms with van der Waals surface area (Å²) in [6.45, 7) is 1.10. The van der Waals surface area contributed by atoms with Gasteiger partial charge in [-0.1, -0.05) is 6.92 Å². The maximum Gasteiger partial charge on any atom is 0.433 e. The van der Waals surface area contributed by atoms with Crippen molar-refractivity contribution in [3.8, 4) is 0 Å². The van der Waals surface area contributed by atoms with Crippen molar-refractivity contribution >= 4 is 33.5 Å². The standard InChI is InChI=1S/C20H17BrF9N3O4/c1-4-5-32-13(34)8-12(20(28,29)30)31-17(32)33(15(36-2)16(35)37-3)11-7-9(18(22,23)24)6-10(14(11)21)19(25,26)27/h6-8,15H,4-5H2,1-3H3. The Balaban J connectivity index is 3.16. The van der Waals surface area contributed by atoms with Crippen LogP contribution in [-0.2, 0) is 39.3 Å². The van der Waals surface area contributed by atoms with Gasteiger partial charge >= 0.3 is 24.5 Å². The number of hydrogen-bond acceptors (Lipinski definition) is 6. The predicted molar refractivity (Wildman–Crippen MR) is 113 cm³/mol. The zero-order valence-corrected chi connectivity index (χ0v) is 20.6. The Morgan fingerprint density at radius 3 is 2.05 bits per heavy atom. The Morgan fingerprint density at radius 1 is 1.03 bits per heavy atom. The van der Waals surface area contributed by atoms with Crippen molar-refractivity contribution < 1.29 is 53.8 Å². The largest absolute Gasteiger partial charge is 0.466 e. The molecule has 2 aromatic rings. The molecule has 0 saturated carbocycles. The van der Waals surface area contributed by atoms with Crippen LogP contribution in [0.15, 0.2) is 27.5 Å². The van der Waals surface area contributed by atoms with Crippen molar-refractivity contribution in [2.45, 2.75) is 44.6 Å². The molecule has 17 heteroatoms. The molecule has 0 fully saturated rings. The Kier molecular flexibility index (Phi) is 8.95. The van der Waals surface area contributed by atoms with Crippen LogP contribution in [0.2, 0.25) is 0 Å². The third-order valence-corrected chi connectivity index (χ3v) is 5.58. The van der Waals surface area contributed by atoms with Crippen molar-refractivity contribution in [1.29, 1.82) is 0 Å². The van der Waals surface area contributed by atoms with Crippen molar-refractivity contribution in [3.63, 3.8) is 0 Å². The molecule has 0 aliphatic carbocycles. The van der Waals surface area contributed by atoms with Gasteiger partial charge < -0.3 is 9.47 Å². The van der Waals surface area contributed by atoms with E-state index in [4.69, 9.17) is 4.74 Å². The van der Waals surface area contributed by atoms with Crippen LogP contribution in [0.1, 0.15) is 30.2 Å². The van der Waals surface area contributed by atoms with Gasteiger partial charge in [-0.3, -0.25) is 14.3 Å². The van der Waals surface area contributed by atoms with Crippen LogP contribution in [0.25, 0.3) is 0 Å². The van der Waals surface area contributed by atoms with Crippen molar-refractivity contribution in [2.75, 3.05) is 19.1 Å². The molecule has 0 N–H and O–H groups in total. The number of carbonyl (C=O) groups excluding carboxylic acids is 1. The second kappa shape index (κ2) is 10.9. The normalized spacial score (nSPS) is 13.4. The van der Waals surface area contributed by atoms with E-state index in [1.807, 2.05) is 0 Å². The Hall–Kier alpha value is -2.82. The Morgan fingerprint density at radius 2 is 1.62 bits per heavy atom. The molecule has 0 aliphatic heterocycles. The summed E-state index contributed by atoms with van der Waals surface area (Å²) in [5.41, 5.74) is -8.03. The van der Waals surface area contributed by atoms with E-state index in [0.717, 1.165) is 14.2 Å². The first-order chi connectivity index (χ1) is 16.9. The Labute approximate surface area is 210 Å². The predicted octanol–water partition coefficient (Wildman–Crippen LogP) is 5.76. The van der Waals surface area contributed by atoms with Crippen LogP contribution >= 0.6 is 15.9 Å². The monoisotopic (exact) mass is 613 g/mol. The van der Waals surface area contributed by atoms with E-state index in [2.05, 4.69) is 25.7 Å². The molecular weight excluding hydrogens is 597 g/mol. The molecule has 0 spiro atoms. The van der Waals surface area contributed by atoms with Gasteiger partial charge in [-0.15, -0.1) is 0 Å². The first-order valence-corrected chi connectivity index (χ1v) is 10.7. The summed E-state index contributed by atoms with van der Waals surface area (Å²) in [6.07, 6.45) is -18.2. The fourth-order valence-electron chi connectivity index (χ4n) is 3.16. The minimum Gasteiger partial charge on any atom is -0.466 e. The molecule has 0 bridgehead atoms. The van der Waals surface area contributed by atoms with E-state index >= 15 is 0 Å². The topological polar surface area (TPSA) is 73.7 Å². The number of ether oxygens (including phenoxy) is 2. The number of halogens is 10. The molecule has 1 aromatic heterocycles. The van der Waals surface area contributed by atoms with Gasteiger partial charge in [0, 0.05) is 19.7 Å². The molecule has 1 aromatic carbocycles. The summed E-state index contributed by atoms with van der Waals surface area (Å²) in [7, 11) is 1.57. The molecule has 7 nitrogen and oxygen atoms in total. The van der Waals surface area contributed by atoms with E-state index in [1.54, 1.807) is 0 Å². The third kappa shape index (κ3) is 6.55. The van der Waals surface area contributed by atoms with E-state index < -0.39 is 69.2 Å². The van der Waals surface area contributed by atoms with Gasteiger partial charge in [0.25, 0.3) is 5.56 Å². The van der Waals surface area contributed by atoms with E-state index in [1.165, 1.54) is 6.92 Å². The summed E-state index contributed by atoms with van der Waals surface area (Å²) < 4.78 is 131. The molecule has 0 amide bonds. The van der Waals surface area contributed by atoms with Crippen LogP contribution in [0.3, 0.4) is 0 Å². The maximum absolute atomic E-state index is 13.7. The summed E-state index contributed by atoms with van der Waals surface area (Å²) >= 11 is 2.55. The van der Waals surface area contributed by atoms with Crippen LogP contribution in [-0.4, -0.2) is 36.0 Å². The lowest BCUT2D eigenvalue weighted by molar-refractivity contribution is -0.151. The van der Waals surface area contributed by atoms with Crippen molar-refractivity contribution in [2.24, 2.45) is 0 Å². The second-order valence-electron chi connectivity index (χ2n) is 7.26. The highest BCUT2D eigenvalue weighted by molar-refractivity contribution is 9.10. The molecule has 37 heavy (non-hydrogen) atoms. The van der Waals surface area contributed by atoms with E-state index in [9.17, 15) is 49.1 Å². The van der Waals surface area contributed by atoms with Gasteiger partial charge in [0.05, 0.1) is 28.4 Å². The van der Waals surface area contributed by atoms with Crippen LogP contribution in [0.4, 0.5) is 51.1 Å². The number of hydrogen-bond donors (Lipinski definition) is 0. The summed E-state index contributed by atoms with van der Waals surface area (Å²) in [5, 5.41) is 0. The number of benzene rings is 1. The fourth-order valence-corrected chi connectivity index (χ4v) is 3.80. The van der Waals surface area contributed by atoms with Crippen LogP contribution < -0.4 is 10.5 Å². The second-order valence-corrected chi connectivity index (χ2v) is 8.06. The smallest absolute Gasteiger partial charge is 0.433 e. The summed E-state index contributed by atoms with van der Waals surface area (Å²) in [4.78, 5) is 28.5. The lowest BCUT2D eigenvalue weighted by Gasteiger charge is -2.33. The number of methoxy groups -OCH3 is 2. The van der Waals surface area contributed by atoms with Crippen LogP contribution in [0.5, 0.6) is 0 Å². The summed E-state index contributed by atoms with van der Waals surface area (Å²) in [5.74, 6) is -2.55. The minimum absolute atomic E-state index is 0.0707. The third-order valence-electron chi connectivity index (χ3n) is 4.75. The number of esters is 1. The van der Waals surface area contributed by atoms with Crippen molar-refractivity contribution in [3.05, 3.63) is 49.8 Å². The van der Waals surface area contributed by atoms with Gasteiger partial charge in [0.15, 0.2) is 5.69 Å². The first kappa shape index (κ1) is 30.4. The first-order valence-electron chi connectivity index (χ1n) is 9.95. The summed E-state index contributed by atoms with van der Waals surface area (Å²) in [6, 6.07) is 0.00100. The quantitative estimate of drug-likeness (QED) is 0.225. The highest BCUT2D eigenvalue weighted by Crippen LogP contribution is 2.46. The molecule has 1 heterocycles. The number of aromatic nitrogens is 2. The number of rotatable bonds is 7. The highest BCUT2D eigenvalue weighted by atomic mass is 79.9. The van der Waals surface area contributed by atoms with E-state index in [0.29, 0.717) is 4.57 Å². The molecular formula is C20H17BrF9N3O4. The fraction of sp³-hybridized carbons (Fsp3) is 0.450. The molecule has 1 atom stereocenters. The average molecular weight is 614 g/mol. The van der Waals surface area contributed by atoms with Gasteiger partial charge in [0.2, 0.25) is 12.2 Å². The van der Waals surface area contributed by atoms with E-state index in [-0.39, 0.29) is 36.1 Å². The number of carbonyl (C=O) groups is 1.